The van der Waals surface area contributed by atoms with E-state index in [2.05, 4.69) is 21.2 Å². The Balaban J connectivity index is 1.53. The van der Waals surface area contributed by atoms with Gasteiger partial charge in [-0.25, -0.2) is 0 Å². The van der Waals surface area contributed by atoms with Gasteiger partial charge in [0, 0.05) is 11.0 Å². The molecule has 0 saturated carbocycles. The van der Waals surface area contributed by atoms with Gasteiger partial charge in [-0.3, -0.25) is 4.79 Å². The van der Waals surface area contributed by atoms with Gasteiger partial charge in [0.15, 0.2) is 18.1 Å². The Morgan fingerprint density at radius 3 is 2.62 bits per heavy atom. The molecule has 3 rings (SSSR count). The third kappa shape index (κ3) is 3.82. The first-order valence-electron chi connectivity index (χ1n) is 7.57. The van der Waals surface area contributed by atoms with Crippen LogP contribution in [-0.4, -0.2) is 19.3 Å². The summed E-state index contributed by atoms with van der Waals surface area (Å²) in [4.78, 5) is 12.0. The predicted octanol–water partition coefficient (Wildman–Crippen LogP) is 3.49. The molecular weight excluding hydrogens is 374 g/mol. The first kappa shape index (κ1) is 16.6. The molecule has 2 aromatic carbocycles. The van der Waals surface area contributed by atoms with Gasteiger partial charge < -0.3 is 19.5 Å². The molecule has 0 fully saturated rings. The summed E-state index contributed by atoms with van der Waals surface area (Å²) >= 11 is 3.45. The number of rotatable bonds is 5. The lowest BCUT2D eigenvalue weighted by molar-refractivity contribution is -0.123. The fourth-order valence-corrected chi connectivity index (χ4v) is 3.25. The van der Waals surface area contributed by atoms with Crippen molar-refractivity contribution in [1.82, 2.24) is 5.32 Å². The van der Waals surface area contributed by atoms with E-state index in [0.29, 0.717) is 12.3 Å². The summed E-state index contributed by atoms with van der Waals surface area (Å²) in [5.74, 6) is 2.01. The van der Waals surface area contributed by atoms with Crippen LogP contribution in [0.2, 0.25) is 0 Å². The van der Waals surface area contributed by atoms with E-state index in [9.17, 15) is 4.79 Å². The second-order valence-corrected chi connectivity index (χ2v) is 6.54. The van der Waals surface area contributed by atoms with E-state index in [1.54, 1.807) is 0 Å². The Labute approximate surface area is 149 Å². The predicted molar refractivity (Wildman–Crippen MR) is 93.5 cm³/mol. The van der Waals surface area contributed by atoms with Crippen LogP contribution in [0, 0.1) is 13.8 Å². The molecule has 0 saturated heterocycles. The van der Waals surface area contributed by atoms with E-state index >= 15 is 0 Å². The second kappa shape index (κ2) is 7.13. The normalized spacial score (nSPS) is 12.1. The Morgan fingerprint density at radius 1 is 1.17 bits per heavy atom. The van der Waals surface area contributed by atoms with Crippen LogP contribution in [0.15, 0.2) is 34.8 Å². The van der Waals surface area contributed by atoms with Crippen LogP contribution in [0.5, 0.6) is 17.2 Å². The quantitative estimate of drug-likeness (QED) is 0.847. The van der Waals surface area contributed by atoms with Crippen LogP contribution in [-0.2, 0) is 11.3 Å². The molecule has 126 valence electrons. The van der Waals surface area contributed by atoms with Crippen molar-refractivity contribution in [3.8, 4) is 17.2 Å². The van der Waals surface area contributed by atoms with Crippen molar-refractivity contribution in [2.24, 2.45) is 0 Å². The van der Waals surface area contributed by atoms with E-state index in [1.165, 1.54) is 0 Å². The Bertz CT molecular complexity index is 753. The number of benzene rings is 2. The van der Waals surface area contributed by atoms with E-state index < -0.39 is 0 Å². The smallest absolute Gasteiger partial charge is 0.258 e. The second-order valence-electron chi connectivity index (χ2n) is 5.62. The topological polar surface area (TPSA) is 56.8 Å². The molecule has 0 aromatic heterocycles. The number of hydrogen-bond acceptors (Lipinski definition) is 4. The van der Waals surface area contributed by atoms with Crippen LogP contribution in [0.25, 0.3) is 0 Å². The molecular formula is C18H18BrNO4. The molecule has 0 radical (unpaired) electrons. The first-order chi connectivity index (χ1) is 11.5. The molecule has 0 spiro atoms. The largest absolute Gasteiger partial charge is 0.483 e. The first-order valence-corrected chi connectivity index (χ1v) is 8.37. The van der Waals surface area contributed by atoms with Crippen molar-refractivity contribution in [2.45, 2.75) is 20.4 Å². The van der Waals surface area contributed by atoms with E-state index in [-0.39, 0.29) is 19.3 Å². The third-order valence-electron chi connectivity index (χ3n) is 3.70. The van der Waals surface area contributed by atoms with Crippen molar-refractivity contribution < 1.29 is 19.0 Å². The Morgan fingerprint density at radius 2 is 1.88 bits per heavy atom. The highest BCUT2D eigenvalue weighted by atomic mass is 79.9. The van der Waals surface area contributed by atoms with Gasteiger partial charge in [-0.2, -0.15) is 0 Å². The minimum absolute atomic E-state index is 0.0200. The van der Waals surface area contributed by atoms with Gasteiger partial charge in [0.2, 0.25) is 6.79 Å². The summed E-state index contributed by atoms with van der Waals surface area (Å²) in [6, 6.07) is 9.54. The average Bonchev–Trinajstić information content (AvgIpc) is 2.99. The summed E-state index contributed by atoms with van der Waals surface area (Å²) in [6.07, 6.45) is 0. The molecule has 5 nitrogen and oxygen atoms in total. The van der Waals surface area contributed by atoms with E-state index in [4.69, 9.17) is 14.2 Å². The number of hydrogen-bond donors (Lipinski definition) is 1. The zero-order valence-electron chi connectivity index (χ0n) is 13.5. The monoisotopic (exact) mass is 391 g/mol. The zero-order valence-corrected chi connectivity index (χ0v) is 15.1. The number of halogens is 1. The van der Waals surface area contributed by atoms with Gasteiger partial charge in [0.25, 0.3) is 5.91 Å². The molecule has 6 heteroatoms. The van der Waals surface area contributed by atoms with Gasteiger partial charge in [-0.1, -0.05) is 22.0 Å². The van der Waals surface area contributed by atoms with Gasteiger partial charge in [-0.05, 0) is 54.8 Å². The summed E-state index contributed by atoms with van der Waals surface area (Å²) in [5, 5.41) is 2.84. The highest BCUT2D eigenvalue weighted by Crippen LogP contribution is 2.32. The minimum atomic E-state index is -0.172. The average molecular weight is 392 g/mol. The van der Waals surface area contributed by atoms with Gasteiger partial charge in [-0.15, -0.1) is 0 Å². The fourth-order valence-electron chi connectivity index (χ4n) is 2.57. The van der Waals surface area contributed by atoms with E-state index in [0.717, 1.165) is 32.7 Å². The molecule has 0 atom stereocenters. The SMILES string of the molecule is Cc1cc(Br)cc(C)c1OCC(=O)NCc1ccc2c(c1)OCO2. The Kier molecular flexibility index (Phi) is 4.94. The van der Waals surface area contributed by atoms with Crippen LogP contribution in [0.3, 0.4) is 0 Å². The number of nitrogens with one attached hydrogen (secondary N) is 1. The molecule has 1 aliphatic heterocycles. The van der Waals surface area contributed by atoms with Crippen molar-refractivity contribution in [3.63, 3.8) is 0 Å². The van der Waals surface area contributed by atoms with Crippen LogP contribution < -0.4 is 19.5 Å². The lowest BCUT2D eigenvalue weighted by atomic mass is 10.1. The molecule has 2 aromatic rings. The zero-order chi connectivity index (χ0) is 17.1. The molecule has 0 unspecified atom stereocenters. The van der Waals surface area contributed by atoms with Crippen LogP contribution >= 0.6 is 15.9 Å². The van der Waals surface area contributed by atoms with Crippen LogP contribution in [0.1, 0.15) is 16.7 Å². The number of amides is 1. The maximum Gasteiger partial charge on any atom is 0.258 e. The Hall–Kier alpha value is -2.21. The molecule has 1 aliphatic rings. The number of carbonyl (C=O) groups is 1. The van der Waals surface area contributed by atoms with Gasteiger partial charge in [0.05, 0.1) is 0 Å². The molecule has 24 heavy (non-hydrogen) atoms. The molecule has 1 amide bonds. The molecule has 0 bridgehead atoms. The standard InChI is InChI=1S/C18H18BrNO4/c1-11-5-14(19)6-12(2)18(11)22-9-17(21)20-8-13-3-4-15-16(7-13)24-10-23-15/h3-7H,8-10H2,1-2H3,(H,20,21). The minimum Gasteiger partial charge on any atom is -0.483 e. The number of fused-ring (bicyclic) bond motifs is 1. The summed E-state index contributed by atoms with van der Waals surface area (Å²) in [6.45, 7) is 4.55. The molecule has 1 heterocycles. The summed E-state index contributed by atoms with van der Waals surface area (Å²) in [5.41, 5.74) is 2.93. The molecule has 1 N–H and O–H groups in total. The van der Waals surface area contributed by atoms with Crippen LogP contribution in [0.4, 0.5) is 0 Å². The number of ether oxygens (including phenoxy) is 3. The third-order valence-corrected chi connectivity index (χ3v) is 4.16. The number of carbonyl (C=O) groups excluding carboxylic acids is 1. The van der Waals surface area contributed by atoms with Crippen molar-refractivity contribution in [1.29, 1.82) is 0 Å². The van der Waals surface area contributed by atoms with Crippen molar-refractivity contribution in [2.75, 3.05) is 13.4 Å². The maximum atomic E-state index is 12.0. The summed E-state index contributed by atoms with van der Waals surface area (Å²) in [7, 11) is 0. The van der Waals surface area contributed by atoms with Crippen molar-refractivity contribution >= 4 is 21.8 Å². The molecule has 0 aliphatic carbocycles. The lowest BCUT2D eigenvalue weighted by Crippen LogP contribution is -2.28. The lowest BCUT2D eigenvalue weighted by Gasteiger charge is -2.13. The van der Waals surface area contributed by atoms with Gasteiger partial charge >= 0.3 is 0 Å². The van der Waals surface area contributed by atoms with E-state index in [1.807, 2.05) is 44.2 Å². The van der Waals surface area contributed by atoms with Gasteiger partial charge in [0.1, 0.15) is 5.75 Å². The highest BCUT2D eigenvalue weighted by Gasteiger charge is 2.14. The summed E-state index contributed by atoms with van der Waals surface area (Å²) < 4.78 is 17.3. The highest BCUT2D eigenvalue weighted by molar-refractivity contribution is 9.10. The van der Waals surface area contributed by atoms with Crippen molar-refractivity contribution in [3.05, 3.63) is 51.5 Å². The fraction of sp³-hybridized carbons (Fsp3) is 0.278. The number of aryl methyl sites for hydroxylation is 2. The maximum absolute atomic E-state index is 12.0.